The first-order chi connectivity index (χ1) is 11.7. The molecule has 5 heteroatoms. The fourth-order valence-corrected chi connectivity index (χ4v) is 2.99. The van der Waals surface area contributed by atoms with Crippen LogP contribution in [-0.4, -0.2) is 21.1 Å². The first kappa shape index (κ1) is 16.9. The van der Waals surface area contributed by atoms with Crippen molar-refractivity contribution >= 4 is 5.78 Å². The molecule has 5 nitrogen and oxygen atoms in total. The molecule has 0 bridgehead atoms. The number of phenols is 3. The maximum atomic E-state index is 12.4. The summed E-state index contributed by atoms with van der Waals surface area (Å²) in [6.07, 6.45) is 1.23. The SMILES string of the molecule is C=CC(C)(C)c1cc([C@@H]2CC(=O)c3c(O)cc(O)cc3O2)ccc1O. The Hall–Kier alpha value is -2.95. The van der Waals surface area contributed by atoms with Crippen molar-refractivity contribution in [1.29, 1.82) is 0 Å². The van der Waals surface area contributed by atoms with Crippen molar-refractivity contribution in [2.24, 2.45) is 0 Å². The van der Waals surface area contributed by atoms with Crippen LogP contribution in [0.2, 0.25) is 0 Å². The molecular weight excluding hydrogens is 320 g/mol. The molecule has 0 aliphatic carbocycles. The average molecular weight is 340 g/mol. The van der Waals surface area contributed by atoms with Gasteiger partial charge in [0.2, 0.25) is 0 Å². The molecule has 1 heterocycles. The van der Waals surface area contributed by atoms with Gasteiger partial charge in [0.25, 0.3) is 0 Å². The number of carbonyl (C=O) groups excluding carboxylic acids is 1. The first-order valence-electron chi connectivity index (χ1n) is 7.95. The van der Waals surface area contributed by atoms with Gasteiger partial charge in [-0.25, -0.2) is 0 Å². The summed E-state index contributed by atoms with van der Waals surface area (Å²) in [5, 5.41) is 29.7. The van der Waals surface area contributed by atoms with Gasteiger partial charge in [0.05, 0.1) is 6.42 Å². The van der Waals surface area contributed by atoms with Crippen LogP contribution in [0.15, 0.2) is 43.0 Å². The van der Waals surface area contributed by atoms with Gasteiger partial charge in [-0.05, 0) is 17.7 Å². The number of fused-ring (bicyclic) bond motifs is 1. The number of hydrogen-bond donors (Lipinski definition) is 3. The van der Waals surface area contributed by atoms with Crippen molar-refractivity contribution in [1.82, 2.24) is 0 Å². The summed E-state index contributed by atoms with van der Waals surface area (Å²) in [6.45, 7) is 7.66. The second-order valence-electron chi connectivity index (χ2n) is 6.77. The number of hydrogen-bond acceptors (Lipinski definition) is 5. The minimum absolute atomic E-state index is 0.0596. The number of aromatic hydroxyl groups is 3. The standard InChI is InChI=1S/C20H20O5/c1-4-20(2,3)13-7-11(5-6-14(13)22)17-10-16(24)19-15(23)8-12(21)9-18(19)25-17/h4-9,17,21-23H,1,10H2,2-3H3/t17-/m0/s1. The zero-order chi connectivity index (χ0) is 18.4. The molecular formula is C20H20O5. The van der Waals surface area contributed by atoms with Gasteiger partial charge in [-0.2, -0.15) is 0 Å². The summed E-state index contributed by atoms with van der Waals surface area (Å²) in [7, 11) is 0. The van der Waals surface area contributed by atoms with E-state index in [9.17, 15) is 20.1 Å². The molecule has 0 radical (unpaired) electrons. The Kier molecular flexibility index (Phi) is 3.95. The number of rotatable bonds is 3. The molecule has 25 heavy (non-hydrogen) atoms. The number of allylic oxidation sites excluding steroid dienone is 1. The lowest BCUT2D eigenvalue weighted by molar-refractivity contribution is 0.0844. The van der Waals surface area contributed by atoms with Gasteiger partial charge in [-0.15, -0.1) is 6.58 Å². The Bertz CT molecular complexity index is 867. The molecule has 0 unspecified atom stereocenters. The monoisotopic (exact) mass is 340 g/mol. The van der Waals surface area contributed by atoms with E-state index in [1.165, 1.54) is 6.07 Å². The largest absolute Gasteiger partial charge is 0.508 e. The van der Waals surface area contributed by atoms with E-state index in [0.717, 1.165) is 11.6 Å². The van der Waals surface area contributed by atoms with E-state index in [4.69, 9.17) is 4.74 Å². The highest BCUT2D eigenvalue weighted by atomic mass is 16.5. The van der Waals surface area contributed by atoms with E-state index in [0.29, 0.717) is 5.56 Å². The molecule has 130 valence electrons. The summed E-state index contributed by atoms with van der Waals surface area (Å²) in [5.74, 6) is -0.439. The smallest absolute Gasteiger partial charge is 0.174 e. The summed E-state index contributed by atoms with van der Waals surface area (Å²) in [6, 6.07) is 7.49. The van der Waals surface area contributed by atoms with Gasteiger partial charge in [-0.3, -0.25) is 4.79 Å². The highest BCUT2D eigenvalue weighted by Crippen LogP contribution is 2.43. The fourth-order valence-electron chi connectivity index (χ4n) is 2.99. The summed E-state index contributed by atoms with van der Waals surface area (Å²) < 4.78 is 5.84. The van der Waals surface area contributed by atoms with Crippen molar-refractivity contribution in [2.45, 2.75) is 31.8 Å². The van der Waals surface area contributed by atoms with E-state index in [2.05, 4.69) is 6.58 Å². The highest BCUT2D eigenvalue weighted by Gasteiger charge is 2.32. The van der Waals surface area contributed by atoms with Gasteiger partial charge in [0.1, 0.15) is 34.7 Å². The maximum Gasteiger partial charge on any atom is 0.174 e. The molecule has 1 atom stereocenters. The molecule has 1 aliphatic rings. The minimum atomic E-state index is -0.568. The molecule has 0 saturated heterocycles. The van der Waals surface area contributed by atoms with Crippen LogP contribution in [-0.2, 0) is 5.41 Å². The highest BCUT2D eigenvalue weighted by molar-refractivity contribution is 6.02. The third-order valence-electron chi connectivity index (χ3n) is 4.58. The van der Waals surface area contributed by atoms with Crippen LogP contribution in [0.3, 0.4) is 0 Å². The van der Waals surface area contributed by atoms with Crippen LogP contribution in [0.1, 0.15) is 47.9 Å². The van der Waals surface area contributed by atoms with E-state index < -0.39 is 11.5 Å². The van der Waals surface area contributed by atoms with Crippen molar-refractivity contribution in [3.8, 4) is 23.0 Å². The fraction of sp³-hybridized carbons (Fsp3) is 0.250. The molecule has 2 aromatic rings. The third-order valence-corrected chi connectivity index (χ3v) is 4.58. The molecule has 2 aromatic carbocycles. The molecule has 3 N–H and O–H groups in total. The van der Waals surface area contributed by atoms with E-state index in [1.54, 1.807) is 24.3 Å². The van der Waals surface area contributed by atoms with Crippen molar-refractivity contribution in [3.63, 3.8) is 0 Å². The van der Waals surface area contributed by atoms with E-state index in [-0.39, 0.29) is 40.8 Å². The molecule has 0 saturated carbocycles. The molecule has 0 amide bonds. The molecule has 0 spiro atoms. The average Bonchev–Trinajstić information content (AvgIpc) is 2.53. The van der Waals surface area contributed by atoms with Crippen LogP contribution in [0.5, 0.6) is 23.0 Å². The summed E-state index contributed by atoms with van der Waals surface area (Å²) >= 11 is 0. The molecule has 3 rings (SSSR count). The summed E-state index contributed by atoms with van der Waals surface area (Å²) in [5.41, 5.74) is 1.04. The van der Waals surface area contributed by atoms with Crippen LogP contribution in [0.25, 0.3) is 0 Å². The van der Waals surface area contributed by atoms with Crippen LogP contribution < -0.4 is 4.74 Å². The molecule has 0 aromatic heterocycles. The summed E-state index contributed by atoms with van der Waals surface area (Å²) in [4.78, 5) is 12.4. The maximum absolute atomic E-state index is 12.4. The molecule has 1 aliphatic heterocycles. The van der Waals surface area contributed by atoms with Crippen LogP contribution in [0, 0.1) is 0 Å². The van der Waals surface area contributed by atoms with Gasteiger partial charge in [0.15, 0.2) is 5.78 Å². The van der Waals surface area contributed by atoms with Crippen molar-refractivity contribution in [3.05, 3.63) is 59.7 Å². The zero-order valence-corrected chi connectivity index (χ0v) is 14.1. The van der Waals surface area contributed by atoms with Gasteiger partial charge in [-0.1, -0.05) is 26.0 Å². The number of ether oxygens (including phenoxy) is 1. The third kappa shape index (κ3) is 2.93. The quantitative estimate of drug-likeness (QED) is 0.736. The Morgan fingerprint density at radius 1 is 1.16 bits per heavy atom. The van der Waals surface area contributed by atoms with Gasteiger partial charge < -0.3 is 20.1 Å². The number of carbonyl (C=O) groups is 1. The zero-order valence-electron chi connectivity index (χ0n) is 14.1. The van der Waals surface area contributed by atoms with Crippen LogP contribution >= 0.6 is 0 Å². The lowest BCUT2D eigenvalue weighted by Crippen LogP contribution is -2.21. The van der Waals surface area contributed by atoms with Gasteiger partial charge in [0, 0.05) is 23.1 Å². The van der Waals surface area contributed by atoms with Crippen molar-refractivity contribution in [2.75, 3.05) is 0 Å². The minimum Gasteiger partial charge on any atom is -0.508 e. The lowest BCUT2D eigenvalue weighted by atomic mass is 9.82. The Morgan fingerprint density at radius 3 is 2.56 bits per heavy atom. The predicted molar refractivity (Wildman–Crippen MR) is 93.4 cm³/mol. The topological polar surface area (TPSA) is 87.0 Å². The first-order valence-corrected chi connectivity index (χ1v) is 7.95. The van der Waals surface area contributed by atoms with E-state index in [1.807, 2.05) is 13.8 Å². The number of phenolic OH excluding ortho intramolecular Hbond substituents is 3. The second kappa shape index (κ2) is 5.84. The van der Waals surface area contributed by atoms with Crippen LogP contribution in [0.4, 0.5) is 0 Å². The Morgan fingerprint density at radius 2 is 1.88 bits per heavy atom. The number of Topliss-reactive ketones (excluding diaryl/α,β-unsaturated/α-hetero) is 1. The molecule has 0 fully saturated rings. The lowest BCUT2D eigenvalue weighted by Gasteiger charge is -2.28. The second-order valence-corrected chi connectivity index (χ2v) is 6.77. The van der Waals surface area contributed by atoms with Gasteiger partial charge >= 0.3 is 0 Å². The van der Waals surface area contributed by atoms with Crippen molar-refractivity contribution < 1.29 is 24.9 Å². The number of benzene rings is 2. The Labute approximate surface area is 145 Å². The Balaban J connectivity index is 2.03. The van der Waals surface area contributed by atoms with E-state index >= 15 is 0 Å². The predicted octanol–water partition coefficient (Wildman–Crippen LogP) is 3.97. The number of ketones is 1. The normalized spacial score (nSPS) is 16.9.